The molecule has 3 rings (SSSR count). The number of aromatic nitrogens is 1. The Kier molecular flexibility index (Phi) is 3.02. The fraction of sp³-hybridized carbons (Fsp3) is 0.308. The van der Waals surface area contributed by atoms with Crippen LogP contribution in [0.25, 0.3) is 10.9 Å². The zero-order chi connectivity index (χ0) is 14.3. The van der Waals surface area contributed by atoms with Crippen LogP contribution in [0, 0.1) is 0 Å². The molecule has 1 aliphatic heterocycles. The molecule has 2 aromatic rings. The van der Waals surface area contributed by atoms with Crippen LogP contribution < -0.4 is 5.14 Å². The van der Waals surface area contributed by atoms with Crippen molar-refractivity contribution in [2.45, 2.75) is 18.2 Å². The van der Waals surface area contributed by atoms with Crippen LogP contribution in [-0.2, 0) is 21.4 Å². The molecule has 1 aliphatic rings. The van der Waals surface area contributed by atoms with Gasteiger partial charge in [0.2, 0.25) is 15.9 Å². The average molecular weight is 293 g/mol. The highest BCUT2D eigenvalue weighted by Gasteiger charge is 2.36. The molecule has 1 aromatic carbocycles. The lowest BCUT2D eigenvalue weighted by molar-refractivity contribution is -0.128. The van der Waals surface area contributed by atoms with E-state index in [1.807, 2.05) is 30.5 Å². The quantitative estimate of drug-likeness (QED) is 0.865. The minimum atomic E-state index is -3.66. The van der Waals surface area contributed by atoms with Crippen LogP contribution in [0.2, 0.25) is 0 Å². The third kappa shape index (κ3) is 2.30. The molecule has 20 heavy (non-hydrogen) atoms. The number of aromatic amines is 1. The maximum Gasteiger partial charge on any atom is 0.224 e. The number of nitrogens with one attached hydrogen (secondary N) is 1. The van der Waals surface area contributed by atoms with Crippen molar-refractivity contribution >= 4 is 26.8 Å². The van der Waals surface area contributed by atoms with E-state index in [2.05, 4.69) is 4.98 Å². The van der Waals surface area contributed by atoms with Gasteiger partial charge in [0.05, 0.1) is 0 Å². The van der Waals surface area contributed by atoms with Crippen LogP contribution in [-0.4, -0.2) is 36.0 Å². The number of benzene rings is 1. The second-order valence-electron chi connectivity index (χ2n) is 5.05. The van der Waals surface area contributed by atoms with Crippen molar-refractivity contribution in [3.8, 4) is 0 Å². The van der Waals surface area contributed by atoms with E-state index < -0.39 is 15.3 Å². The Morgan fingerprint density at radius 2 is 2.15 bits per heavy atom. The smallest absolute Gasteiger partial charge is 0.224 e. The fourth-order valence-electron chi connectivity index (χ4n) is 2.60. The number of carbonyl (C=O) groups excluding carboxylic acids is 1. The van der Waals surface area contributed by atoms with Crippen LogP contribution in [0.1, 0.15) is 12.0 Å². The highest BCUT2D eigenvalue weighted by Crippen LogP contribution is 2.23. The monoisotopic (exact) mass is 293 g/mol. The van der Waals surface area contributed by atoms with Gasteiger partial charge in [-0.15, -0.1) is 0 Å². The van der Waals surface area contributed by atoms with E-state index in [1.165, 1.54) is 0 Å². The summed E-state index contributed by atoms with van der Waals surface area (Å²) in [7, 11) is -3.66. The molecule has 0 saturated carbocycles. The summed E-state index contributed by atoms with van der Waals surface area (Å²) in [6.07, 6.45) is 1.81. The van der Waals surface area contributed by atoms with Gasteiger partial charge in [0.25, 0.3) is 0 Å². The van der Waals surface area contributed by atoms with Gasteiger partial charge in [-0.05, 0) is 17.7 Å². The normalized spacial score (nSPS) is 19.9. The number of H-pyrrole nitrogens is 1. The lowest BCUT2D eigenvalue weighted by Gasteiger charge is -2.17. The summed E-state index contributed by atoms with van der Waals surface area (Å²) in [5, 5.41) is 5.37. The van der Waals surface area contributed by atoms with Crippen LogP contribution >= 0.6 is 0 Å². The van der Waals surface area contributed by atoms with Crippen molar-refractivity contribution in [1.82, 2.24) is 9.88 Å². The third-order valence-corrected chi connectivity index (χ3v) is 4.94. The number of sulfonamides is 1. The summed E-state index contributed by atoms with van der Waals surface area (Å²) in [6, 6.07) is 7.75. The molecule has 1 unspecified atom stereocenters. The topological polar surface area (TPSA) is 96.3 Å². The van der Waals surface area contributed by atoms with Gasteiger partial charge in [-0.2, -0.15) is 0 Å². The maximum absolute atomic E-state index is 11.9. The Balaban J connectivity index is 1.85. The molecular weight excluding hydrogens is 278 g/mol. The standard InChI is InChI=1S/C13H15N3O3S/c14-20(18,19)10-6-13(17)16(8-10)7-9-2-1-3-12-11(9)4-5-15-12/h1-5,10,15H,6-8H2,(H2,14,18,19). The van der Waals surface area contributed by atoms with E-state index in [9.17, 15) is 13.2 Å². The van der Waals surface area contributed by atoms with Gasteiger partial charge in [0.1, 0.15) is 5.25 Å². The summed E-state index contributed by atoms with van der Waals surface area (Å²) >= 11 is 0. The largest absolute Gasteiger partial charge is 0.361 e. The fourth-order valence-corrected chi connectivity index (χ4v) is 3.37. The van der Waals surface area contributed by atoms with Crippen molar-refractivity contribution in [2.24, 2.45) is 5.14 Å². The van der Waals surface area contributed by atoms with E-state index in [0.29, 0.717) is 6.54 Å². The highest BCUT2D eigenvalue weighted by atomic mass is 32.2. The summed E-state index contributed by atoms with van der Waals surface area (Å²) in [5.41, 5.74) is 1.99. The van der Waals surface area contributed by atoms with Crippen LogP contribution in [0.3, 0.4) is 0 Å². The predicted octanol–water partition coefficient (Wildman–Crippen LogP) is 0.557. The molecule has 7 heteroatoms. The Morgan fingerprint density at radius 3 is 2.85 bits per heavy atom. The molecule has 1 amide bonds. The minimum Gasteiger partial charge on any atom is -0.361 e. The van der Waals surface area contributed by atoms with E-state index in [4.69, 9.17) is 5.14 Å². The first-order valence-corrected chi connectivity index (χ1v) is 7.90. The molecule has 2 heterocycles. The second-order valence-corrected chi connectivity index (χ2v) is 6.89. The van der Waals surface area contributed by atoms with Crippen LogP contribution in [0.5, 0.6) is 0 Å². The van der Waals surface area contributed by atoms with E-state index >= 15 is 0 Å². The van der Waals surface area contributed by atoms with Gasteiger partial charge >= 0.3 is 0 Å². The Morgan fingerprint density at radius 1 is 1.35 bits per heavy atom. The summed E-state index contributed by atoms with van der Waals surface area (Å²) in [4.78, 5) is 16.6. The number of hydrogen-bond donors (Lipinski definition) is 2. The predicted molar refractivity (Wildman–Crippen MR) is 75.2 cm³/mol. The zero-order valence-corrected chi connectivity index (χ0v) is 11.6. The molecule has 0 bridgehead atoms. The number of nitrogens with zero attached hydrogens (tertiary/aromatic N) is 1. The van der Waals surface area contributed by atoms with Gasteiger partial charge in [0.15, 0.2) is 0 Å². The Bertz CT molecular complexity index is 766. The van der Waals surface area contributed by atoms with Crippen LogP contribution in [0.15, 0.2) is 30.5 Å². The molecular formula is C13H15N3O3S. The van der Waals surface area contributed by atoms with Crippen molar-refractivity contribution < 1.29 is 13.2 Å². The highest BCUT2D eigenvalue weighted by molar-refractivity contribution is 7.89. The van der Waals surface area contributed by atoms with Gasteiger partial charge in [-0.1, -0.05) is 12.1 Å². The number of hydrogen-bond acceptors (Lipinski definition) is 3. The van der Waals surface area contributed by atoms with Crippen molar-refractivity contribution in [3.63, 3.8) is 0 Å². The van der Waals surface area contributed by atoms with Crippen LogP contribution in [0.4, 0.5) is 0 Å². The van der Waals surface area contributed by atoms with Crippen molar-refractivity contribution in [1.29, 1.82) is 0 Å². The Labute approximate surface area is 116 Å². The van der Waals surface area contributed by atoms with Gasteiger partial charge < -0.3 is 9.88 Å². The number of likely N-dealkylation sites (tertiary alicyclic amines) is 1. The van der Waals surface area contributed by atoms with Crippen molar-refractivity contribution in [3.05, 3.63) is 36.0 Å². The molecule has 1 fully saturated rings. The molecule has 3 N–H and O–H groups in total. The molecule has 0 spiro atoms. The first kappa shape index (κ1) is 13.1. The number of fused-ring (bicyclic) bond motifs is 1. The first-order valence-electron chi connectivity index (χ1n) is 6.29. The Hall–Kier alpha value is -1.86. The number of amides is 1. The van der Waals surface area contributed by atoms with Gasteiger partial charge in [-0.25, -0.2) is 13.6 Å². The summed E-state index contributed by atoms with van der Waals surface area (Å²) < 4.78 is 22.7. The molecule has 1 atom stereocenters. The average Bonchev–Trinajstić information content (AvgIpc) is 2.96. The summed E-state index contributed by atoms with van der Waals surface area (Å²) in [5.74, 6) is -0.170. The molecule has 0 radical (unpaired) electrons. The number of rotatable bonds is 3. The number of carbonyl (C=O) groups is 1. The van der Waals surface area contributed by atoms with E-state index in [1.54, 1.807) is 4.90 Å². The molecule has 1 aromatic heterocycles. The number of primary sulfonamides is 1. The molecule has 106 valence electrons. The number of nitrogens with two attached hydrogens (primary N) is 1. The van der Waals surface area contributed by atoms with Crippen molar-refractivity contribution in [2.75, 3.05) is 6.54 Å². The molecule has 0 aliphatic carbocycles. The maximum atomic E-state index is 11.9. The third-order valence-electron chi connectivity index (χ3n) is 3.69. The molecule has 1 saturated heterocycles. The van der Waals surface area contributed by atoms with Gasteiger partial charge in [-0.3, -0.25) is 4.79 Å². The zero-order valence-electron chi connectivity index (χ0n) is 10.7. The molecule has 6 nitrogen and oxygen atoms in total. The van der Waals surface area contributed by atoms with Gasteiger partial charge in [0, 0.05) is 36.6 Å². The van der Waals surface area contributed by atoms with E-state index in [-0.39, 0.29) is 18.9 Å². The lowest BCUT2D eigenvalue weighted by atomic mass is 10.1. The van der Waals surface area contributed by atoms with E-state index in [0.717, 1.165) is 16.5 Å². The summed E-state index contributed by atoms with van der Waals surface area (Å²) in [6.45, 7) is 0.568. The SMILES string of the molecule is NS(=O)(=O)C1CC(=O)N(Cc2cccc3[nH]ccc23)C1. The lowest BCUT2D eigenvalue weighted by Crippen LogP contribution is -2.31. The minimum absolute atomic E-state index is 0.0258. The first-order chi connectivity index (χ1) is 9.45. The second kappa shape index (κ2) is 4.60.